The van der Waals surface area contributed by atoms with Gasteiger partial charge in [0, 0.05) is 24.7 Å². The molecule has 3 aliphatic rings. The molecule has 0 radical (unpaired) electrons. The molecule has 2 fully saturated rings. The lowest BCUT2D eigenvalue weighted by atomic mass is 10.1. The molecule has 3 unspecified atom stereocenters. The zero-order chi connectivity index (χ0) is 19.6. The van der Waals surface area contributed by atoms with E-state index in [1.54, 1.807) is 0 Å². The van der Waals surface area contributed by atoms with Crippen molar-refractivity contribution in [1.82, 2.24) is 5.32 Å². The third kappa shape index (κ3) is 2.75. The van der Waals surface area contributed by atoms with Gasteiger partial charge in [-0.2, -0.15) is 13.2 Å². The maximum absolute atomic E-state index is 12.7. The molecule has 4 rings (SSSR count). The molecule has 1 saturated carbocycles. The number of ether oxygens (including phenoxy) is 1. The van der Waals surface area contributed by atoms with Gasteiger partial charge >= 0.3 is 12.1 Å². The normalized spacial score (nSPS) is 31.2. The van der Waals surface area contributed by atoms with Crippen LogP contribution in [0.15, 0.2) is 29.4 Å². The summed E-state index contributed by atoms with van der Waals surface area (Å²) in [6.45, 7) is 6.23. The van der Waals surface area contributed by atoms with Gasteiger partial charge in [0.1, 0.15) is 5.60 Å². The minimum Gasteiger partial charge on any atom is -0.450 e. The van der Waals surface area contributed by atoms with Gasteiger partial charge in [0.25, 0.3) is 0 Å². The van der Waals surface area contributed by atoms with E-state index in [9.17, 15) is 18.0 Å². The largest absolute Gasteiger partial charge is 0.490 e. The fourth-order valence-corrected chi connectivity index (χ4v) is 4.10. The monoisotopic (exact) mass is 383 g/mol. The van der Waals surface area contributed by atoms with E-state index in [1.165, 1.54) is 0 Å². The molecule has 0 amide bonds. The van der Waals surface area contributed by atoms with E-state index < -0.39 is 29.4 Å². The van der Waals surface area contributed by atoms with E-state index in [-0.39, 0.29) is 12.5 Å². The number of carbonyl (C=O) groups is 1. The van der Waals surface area contributed by atoms with Gasteiger partial charge in [-0.05, 0) is 32.9 Å². The number of aryl methyl sites for hydroxylation is 1. The van der Waals surface area contributed by atoms with Crippen molar-refractivity contribution in [3.05, 3.63) is 29.8 Å². The van der Waals surface area contributed by atoms with Gasteiger partial charge in [0.2, 0.25) is 5.72 Å². The summed E-state index contributed by atoms with van der Waals surface area (Å²) in [4.78, 5) is 18.9. The van der Waals surface area contributed by atoms with Crippen LogP contribution in [-0.4, -0.2) is 42.4 Å². The topological polar surface area (TPSA) is 63.2 Å². The quantitative estimate of drug-likeness (QED) is 0.813. The molecule has 1 aromatic carbocycles. The molecule has 0 bridgehead atoms. The number of esters is 1. The van der Waals surface area contributed by atoms with Crippen molar-refractivity contribution < 1.29 is 27.5 Å². The number of oxime groups is 1. The lowest BCUT2D eigenvalue weighted by Gasteiger charge is -2.32. The number of anilines is 1. The van der Waals surface area contributed by atoms with Crippen molar-refractivity contribution in [2.45, 2.75) is 38.3 Å². The maximum Gasteiger partial charge on any atom is 0.490 e. The summed E-state index contributed by atoms with van der Waals surface area (Å²) in [5, 5.41) is 7.17. The lowest BCUT2D eigenvalue weighted by molar-refractivity contribution is -0.207. The van der Waals surface area contributed by atoms with E-state index in [0.717, 1.165) is 11.3 Å². The van der Waals surface area contributed by atoms with E-state index in [4.69, 9.17) is 9.57 Å². The molecular weight excluding hydrogens is 363 g/mol. The van der Waals surface area contributed by atoms with Crippen LogP contribution in [0.2, 0.25) is 0 Å². The molecule has 2 heterocycles. The summed E-state index contributed by atoms with van der Waals surface area (Å²) in [7, 11) is 0. The molecule has 1 N–H and O–H groups in total. The first-order chi connectivity index (χ1) is 12.6. The number of amidine groups is 1. The first-order valence-corrected chi connectivity index (χ1v) is 8.70. The van der Waals surface area contributed by atoms with Crippen LogP contribution in [0.1, 0.15) is 19.4 Å². The van der Waals surface area contributed by atoms with Crippen LogP contribution in [0.5, 0.6) is 0 Å². The standard InChI is InChI=1S/C18H20F3N3O3/c1-10-4-6-11(7-5-10)24-14(23-27-16(24,2)3)13-12-8-22-9-17(12,13)26-15(25)18(19,20)21/h4-7,12-13,22H,8-9H2,1-3H3. The van der Waals surface area contributed by atoms with Crippen LogP contribution in [0, 0.1) is 18.8 Å². The summed E-state index contributed by atoms with van der Waals surface area (Å²) in [6, 6.07) is 7.70. The number of nitrogens with one attached hydrogen (secondary N) is 1. The van der Waals surface area contributed by atoms with E-state index in [1.807, 2.05) is 49.9 Å². The maximum atomic E-state index is 12.7. The average Bonchev–Trinajstić information content (AvgIpc) is 2.86. The van der Waals surface area contributed by atoms with Crippen LogP contribution in [0.25, 0.3) is 0 Å². The fraction of sp³-hybridized carbons (Fsp3) is 0.556. The van der Waals surface area contributed by atoms with Gasteiger partial charge in [0.05, 0.1) is 5.92 Å². The third-order valence-corrected chi connectivity index (χ3v) is 5.43. The molecule has 1 aromatic rings. The molecular formula is C18H20F3N3O3. The highest BCUT2D eigenvalue weighted by atomic mass is 19.4. The molecule has 1 saturated heterocycles. The predicted molar refractivity (Wildman–Crippen MR) is 91.0 cm³/mol. The Morgan fingerprint density at radius 3 is 2.63 bits per heavy atom. The smallest absolute Gasteiger partial charge is 0.450 e. The van der Waals surface area contributed by atoms with Gasteiger partial charge in [-0.1, -0.05) is 22.9 Å². The molecule has 3 atom stereocenters. The first kappa shape index (κ1) is 18.1. The van der Waals surface area contributed by atoms with Crippen molar-refractivity contribution in [1.29, 1.82) is 0 Å². The lowest BCUT2D eigenvalue weighted by Crippen LogP contribution is -2.47. The second kappa shape index (κ2) is 5.60. The van der Waals surface area contributed by atoms with Crippen molar-refractivity contribution in [3.8, 4) is 0 Å². The molecule has 0 aromatic heterocycles. The molecule has 27 heavy (non-hydrogen) atoms. The number of benzene rings is 1. The zero-order valence-electron chi connectivity index (χ0n) is 15.1. The minimum atomic E-state index is -5.03. The zero-order valence-corrected chi connectivity index (χ0v) is 15.1. The summed E-state index contributed by atoms with van der Waals surface area (Å²) in [5.74, 6) is -2.40. The Balaban J connectivity index is 1.64. The Hall–Kier alpha value is -2.29. The second-order valence-electron chi connectivity index (χ2n) is 7.72. The van der Waals surface area contributed by atoms with Crippen molar-refractivity contribution in [2.24, 2.45) is 17.0 Å². The van der Waals surface area contributed by atoms with Crippen LogP contribution < -0.4 is 10.2 Å². The highest BCUT2D eigenvalue weighted by Crippen LogP contribution is 2.59. The van der Waals surface area contributed by atoms with Gasteiger partial charge < -0.3 is 14.9 Å². The SMILES string of the molecule is Cc1ccc(N2C(C3C4CNCC43OC(=O)C(F)(F)F)=NOC2(C)C)cc1. The Morgan fingerprint density at radius 1 is 1.33 bits per heavy atom. The van der Waals surface area contributed by atoms with E-state index in [0.29, 0.717) is 12.4 Å². The Labute approximate surface area is 154 Å². The van der Waals surface area contributed by atoms with E-state index >= 15 is 0 Å². The number of halogens is 3. The number of fused-ring (bicyclic) bond motifs is 1. The van der Waals surface area contributed by atoms with Crippen LogP contribution in [0.4, 0.5) is 18.9 Å². The first-order valence-electron chi connectivity index (χ1n) is 8.70. The van der Waals surface area contributed by atoms with Gasteiger partial charge in [-0.25, -0.2) is 4.79 Å². The third-order valence-electron chi connectivity index (χ3n) is 5.43. The number of alkyl halides is 3. The van der Waals surface area contributed by atoms with Crippen molar-refractivity contribution >= 4 is 17.5 Å². The molecule has 6 nitrogen and oxygen atoms in total. The van der Waals surface area contributed by atoms with Crippen molar-refractivity contribution in [3.63, 3.8) is 0 Å². The van der Waals surface area contributed by atoms with E-state index in [2.05, 4.69) is 10.5 Å². The number of rotatable bonds is 3. The molecule has 146 valence electrons. The van der Waals surface area contributed by atoms with Crippen molar-refractivity contribution in [2.75, 3.05) is 18.0 Å². The van der Waals surface area contributed by atoms with Crippen LogP contribution in [0.3, 0.4) is 0 Å². The highest BCUT2D eigenvalue weighted by molar-refractivity contribution is 6.04. The minimum absolute atomic E-state index is 0.158. The van der Waals surface area contributed by atoms with Gasteiger partial charge in [0.15, 0.2) is 5.84 Å². The number of carbonyl (C=O) groups excluding carboxylic acids is 1. The number of hydrogen-bond acceptors (Lipinski definition) is 6. The molecule has 2 aliphatic heterocycles. The number of hydrogen-bond donors (Lipinski definition) is 1. The molecule has 9 heteroatoms. The Bertz CT molecular complexity index is 806. The second-order valence-corrected chi connectivity index (χ2v) is 7.72. The predicted octanol–water partition coefficient (Wildman–Crippen LogP) is 2.57. The van der Waals surface area contributed by atoms with Gasteiger partial charge in [-0.3, -0.25) is 4.90 Å². The number of piperidine rings is 1. The summed E-state index contributed by atoms with van der Waals surface area (Å²) < 4.78 is 43.2. The average molecular weight is 383 g/mol. The summed E-state index contributed by atoms with van der Waals surface area (Å²) in [5.41, 5.74) is -0.141. The summed E-state index contributed by atoms with van der Waals surface area (Å²) in [6.07, 6.45) is -5.03. The fourth-order valence-electron chi connectivity index (χ4n) is 4.10. The Kier molecular flexibility index (Phi) is 3.76. The highest BCUT2D eigenvalue weighted by Gasteiger charge is 2.75. The van der Waals surface area contributed by atoms with Crippen LogP contribution >= 0.6 is 0 Å². The Morgan fingerprint density at radius 2 is 2.00 bits per heavy atom. The molecule has 1 aliphatic carbocycles. The van der Waals surface area contributed by atoms with Gasteiger partial charge in [-0.15, -0.1) is 0 Å². The number of nitrogens with zero attached hydrogens (tertiary/aromatic N) is 2. The van der Waals surface area contributed by atoms with Crippen LogP contribution in [-0.2, 0) is 14.4 Å². The summed E-state index contributed by atoms with van der Waals surface area (Å²) >= 11 is 0. The molecule has 0 spiro atoms.